The van der Waals surface area contributed by atoms with Crippen LogP contribution in [0.5, 0.6) is 0 Å². The number of amides is 1. The van der Waals surface area contributed by atoms with Crippen molar-refractivity contribution in [3.05, 3.63) is 57.6 Å². The van der Waals surface area contributed by atoms with Crippen LogP contribution in [-0.4, -0.2) is 16.7 Å². The number of benzene rings is 1. The molecule has 0 bridgehead atoms. The summed E-state index contributed by atoms with van der Waals surface area (Å²) in [4.78, 5) is 29.0. The molecule has 1 aliphatic rings. The van der Waals surface area contributed by atoms with Crippen LogP contribution in [0.1, 0.15) is 15.9 Å². The second kappa shape index (κ2) is 5.09. The van der Waals surface area contributed by atoms with Gasteiger partial charge in [0, 0.05) is 6.20 Å². The number of carbonyl (C=O) groups is 2. The van der Waals surface area contributed by atoms with Gasteiger partial charge in [-0.15, -0.1) is 0 Å². The maximum Gasteiger partial charge on any atom is 0.299 e. The first-order valence-corrected chi connectivity index (χ1v) is 6.68. The lowest BCUT2D eigenvalue weighted by molar-refractivity contribution is -0.114. The summed E-state index contributed by atoms with van der Waals surface area (Å²) in [5, 5.41) is 0.0803. The molecule has 2 heterocycles. The van der Waals surface area contributed by atoms with Crippen molar-refractivity contribution in [3.63, 3.8) is 0 Å². The summed E-state index contributed by atoms with van der Waals surface area (Å²) >= 11 is 11.4. The molecule has 4 nitrogen and oxygen atoms in total. The fourth-order valence-electron chi connectivity index (χ4n) is 2.17. The molecule has 1 aromatic heterocycles. The lowest BCUT2D eigenvalue weighted by Crippen LogP contribution is -2.29. The number of carbonyl (C=O) groups excluding carboxylic acids is 2. The number of anilines is 1. The highest BCUT2D eigenvalue weighted by molar-refractivity contribution is 6.52. The minimum Gasteiger partial charge on any atom is -0.300 e. The Labute approximate surface area is 129 Å². The zero-order chi connectivity index (χ0) is 15.1. The van der Waals surface area contributed by atoms with Crippen molar-refractivity contribution in [1.82, 2.24) is 4.98 Å². The van der Waals surface area contributed by atoms with Crippen molar-refractivity contribution in [2.24, 2.45) is 0 Å². The van der Waals surface area contributed by atoms with Crippen LogP contribution in [0.3, 0.4) is 0 Å². The molecule has 0 aliphatic carbocycles. The highest BCUT2D eigenvalue weighted by atomic mass is 35.5. The smallest absolute Gasteiger partial charge is 0.299 e. The van der Waals surface area contributed by atoms with Gasteiger partial charge in [-0.3, -0.25) is 9.59 Å². The quantitative estimate of drug-likeness (QED) is 0.629. The molecular formula is C14H7Cl2FN2O2. The van der Waals surface area contributed by atoms with Gasteiger partial charge < -0.3 is 4.90 Å². The van der Waals surface area contributed by atoms with Crippen LogP contribution in [-0.2, 0) is 11.3 Å². The molecule has 0 atom stereocenters. The zero-order valence-electron chi connectivity index (χ0n) is 10.4. The van der Waals surface area contributed by atoms with E-state index in [1.807, 2.05) is 0 Å². The molecule has 0 N–H and O–H groups in total. The van der Waals surface area contributed by atoms with E-state index in [-0.39, 0.29) is 28.0 Å². The summed E-state index contributed by atoms with van der Waals surface area (Å²) in [7, 11) is 0. The van der Waals surface area contributed by atoms with Gasteiger partial charge in [-0.1, -0.05) is 23.2 Å². The first-order chi connectivity index (χ1) is 9.97. The van der Waals surface area contributed by atoms with E-state index >= 15 is 0 Å². The summed E-state index contributed by atoms with van der Waals surface area (Å²) in [6.45, 7) is 0.0981. The molecular weight excluding hydrogens is 318 g/mol. The number of fused-ring (bicyclic) bond motifs is 1. The first-order valence-electron chi connectivity index (χ1n) is 5.93. The molecule has 0 saturated heterocycles. The normalized spacial score (nSPS) is 13.8. The van der Waals surface area contributed by atoms with E-state index < -0.39 is 17.5 Å². The Morgan fingerprint density at radius 1 is 1.19 bits per heavy atom. The minimum absolute atomic E-state index is 0.0981. The van der Waals surface area contributed by atoms with Gasteiger partial charge in [0.25, 0.3) is 11.7 Å². The van der Waals surface area contributed by atoms with Gasteiger partial charge in [-0.05, 0) is 29.8 Å². The van der Waals surface area contributed by atoms with Crippen molar-refractivity contribution in [1.29, 1.82) is 0 Å². The SMILES string of the molecule is O=C1C(=O)N(Cc2ccnc(Cl)c2)c2cc(F)c(Cl)cc21. The molecule has 0 radical (unpaired) electrons. The molecule has 0 unspecified atom stereocenters. The predicted octanol–water partition coefficient (Wildman–Crippen LogP) is 3.26. The van der Waals surface area contributed by atoms with Crippen molar-refractivity contribution in [2.45, 2.75) is 6.54 Å². The highest BCUT2D eigenvalue weighted by Crippen LogP contribution is 2.34. The fourth-order valence-corrected chi connectivity index (χ4v) is 2.53. The van der Waals surface area contributed by atoms with E-state index in [0.717, 1.165) is 6.07 Å². The number of Topliss-reactive ketones (excluding diaryl/α,β-unsaturated/α-hetero) is 1. The van der Waals surface area contributed by atoms with Crippen molar-refractivity contribution < 1.29 is 14.0 Å². The van der Waals surface area contributed by atoms with Crippen molar-refractivity contribution >= 4 is 40.6 Å². The fraction of sp³-hybridized carbons (Fsp3) is 0.0714. The lowest BCUT2D eigenvalue weighted by atomic mass is 10.1. The van der Waals surface area contributed by atoms with Crippen LogP contribution in [0.15, 0.2) is 30.5 Å². The van der Waals surface area contributed by atoms with Crippen LogP contribution in [0, 0.1) is 5.82 Å². The number of pyridine rings is 1. The molecule has 1 aromatic carbocycles. The highest BCUT2D eigenvalue weighted by Gasteiger charge is 2.36. The molecule has 106 valence electrons. The van der Waals surface area contributed by atoms with Crippen LogP contribution in [0.4, 0.5) is 10.1 Å². The topological polar surface area (TPSA) is 50.3 Å². The number of halogens is 3. The van der Waals surface area contributed by atoms with Crippen molar-refractivity contribution in [3.8, 4) is 0 Å². The summed E-state index contributed by atoms with van der Waals surface area (Å²) in [5.74, 6) is -2.11. The second-order valence-corrected chi connectivity index (χ2v) is 5.29. The van der Waals surface area contributed by atoms with Gasteiger partial charge in [0.05, 0.1) is 22.8 Å². The van der Waals surface area contributed by atoms with Gasteiger partial charge in [0.15, 0.2) is 0 Å². The molecule has 3 rings (SSSR count). The predicted molar refractivity (Wildman–Crippen MR) is 76.2 cm³/mol. The number of hydrogen-bond acceptors (Lipinski definition) is 3. The zero-order valence-corrected chi connectivity index (χ0v) is 12.0. The maximum absolute atomic E-state index is 13.6. The van der Waals surface area contributed by atoms with E-state index in [1.165, 1.54) is 17.2 Å². The molecule has 1 amide bonds. The average Bonchev–Trinajstić information content (AvgIpc) is 2.65. The molecule has 2 aromatic rings. The van der Waals surface area contributed by atoms with Gasteiger partial charge >= 0.3 is 0 Å². The Kier molecular flexibility index (Phi) is 3.39. The standard InChI is InChI=1S/C14H7Cl2FN2O2/c15-9-4-8-11(5-10(9)17)19(14(21)13(8)20)6-7-1-2-18-12(16)3-7/h1-5H,6H2. The summed E-state index contributed by atoms with van der Waals surface area (Å²) < 4.78 is 13.6. The molecule has 7 heteroatoms. The first kappa shape index (κ1) is 14.0. The Morgan fingerprint density at radius 3 is 2.67 bits per heavy atom. The van der Waals surface area contributed by atoms with Crippen LogP contribution < -0.4 is 4.90 Å². The van der Waals surface area contributed by atoms with E-state index in [1.54, 1.807) is 12.1 Å². The Bertz CT molecular complexity index is 780. The van der Waals surface area contributed by atoms with Gasteiger partial charge in [-0.25, -0.2) is 9.37 Å². The van der Waals surface area contributed by atoms with Crippen LogP contribution in [0.2, 0.25) is 10.2 Å². The summed E-state index contributed by atoms with van der Waals surface area (Å²) in [5.41, 5.74) is 0.991. The summed E-state index contributed by atoms with van der Waals surface area (Å²) in [6, 6.07) is 5.49. The Morgan fingerprint density at radius 2 is 1.95 bits per heavy atom. The number of aromatic nitrogens is 1. The van der Waals surface area contributed by atoms with Gasteiger partial charge in [-0.2, -0.15) is 0 Å². The van der Waals surface area contributed by atoms with Gasteiger partial charge in [0.1, 0.15) is 11.0 Å². The molecule has 0 spiro atoms. The van der Waals surface area contributed by atoms with E-state index in [4.69, 9.17) is 23.2 Å². The maximum atomic E-state index is 13.6. The minimum atomic E-state index is -0.723. The van der Waals surface area contributed by atoms with E-state index in [2.05, 4.69) is 4.98 Å². The molecule has 0 saturated carbocycles. The third-order valence-electron chi connectivity index (χ3n) is 3.15. The largest absolute Gasteiger partial charge is 0.300 e. The Balaban J connectivity index is 2.03. The summed E-state index contributed by atoms with van der Waals surface area (Å²) in [6.07, 6.45) is 1.49. The van der Waals surface area contributed by atoms with Crippen LogP contribution in [0.25, 0.3) is 0 Å². The average molecular weight is 325 g/mol. The molecule has 0 fully saturated rings. The monoisotopic (exact) mass is 324 g/mol. The van der Waals surface area contributed by atoms with E-state index in [0.29, 0.717) is 5.56 Å². The lowest BCUT2D eigenvalue weighted by Gasteiger charge is -2.16. The Hall–Kier alpha value is -1.98. The second-order valence-electron chi connectivity index (χ2n) is 4.49. The molecule has 1 aliphatic heterocycles. The van der Waals surface area contributed by atoms with E-state index in [9.17, 15) is 14.0 Å². The number of nitrogens with zero attached hydrogens (tertiary/aromatic N) is 2. The third kappa shape index (κ3) is 2.39. The molecule has 21 heavy (non-hydrogen) atoms. The number of rotatable bonds is 2. The van der Waals surface area contributed by atoms with Crippen LogP contribution >= 0.6 is 23.2 Å². The number of hydrogen-bond donors (Lipinski definition) is 0. The van der Waals surface area contributed by atoms with Gasteiger partial charge in [0.2, 0.25) is 0 Å². The third-order valence-corrected chi connectivity index (χ3v) is 3.64. The van der Waals surface area contributed by atoms with Crippen molar-refractivity contribution in [2.75, 3.05) is 4.90 Å². The number of ketones is 1.